The highest BCUT2D eigenvalue weighted by Crippen LogP contribution is 2.15. The van der Waals surface area contributed by atoms with Crippen LogP contribution in [-0.4, -0.2) is 86.0 Å². The predicted molar refractivity (Wildman–Crippen MR) is 85.5 cm³/mol. The van der Waals surface area contributed by atoms with Crippen LogP contribution in [0.4, 0.5) is 0 Å². The van der Waals surface area contributed by atoms with Crippen molar-refractivity contribution in [3.8, 4) is 0 Å². The van der Waals surface area contributed by atoms with Gasteiger partial charge in [0.25, 0.3) is 0 Å². The summed E-state index contributed by atoms with van der Waals surface area (Å²) >= 11 is 0. The molecule has 0 saturated carbocycles. The molecule has 7 N–H and O–H groups in total. The molecule has 4 atom stereocenters. The van der Waals surface area contributed by atoms with Gasteiger partial charge in [-0.05, 0) is 23.8 Å². The van der Waals surface area contributed by atoms with Crippen LogP contribution in [0.5, 0.6) is 0 Å². The zero-order valence-electron chi connectivity index (χ0n) is 13.3. The van der Waals surface area contributed by atoms with Crippen LogP contribution in [0.3, 0.4) is 0 Å². The van der Waals surface area contributed by atoms with Gasteiger partial charge in [0.15, 0.2) is 0 Å². The van der Waals surface area contributed by atoms with Crippen molar-refractivity contribution in [2.75, 3.05) is 19.8 Å². The van der Waals surface area contributed by atoms with Crippen LogP contribution in [0.15, 0.2) is 30.0 Å². The van der Waals surface area contributed by atoms with Crippen LogP contribution in [0.1, 0.15) is 15.9 Å². The third-order valence-electron chi connectivity index (χ3n) is 3.34. The molecular formula is C16H22O9. The van der Waals surface area contributed by atoms with Gasteiger partial charge in [-0.1, -0.05) is 12.1 Å². The van der Waals surface area contributed by atoms with Crippen molar-refractivity contribution < 1.29 is 45.3 Å². The van der Waals surface area contributed by atoms with Crippen molar-refractivity contribution in [1.82, 2.24) is 0 Å². The molecule has 0 bridgehead atoms. The van der Waals surface area contributed by atoms with Gasteiger partial charge in [0.2, 0.25) is 0 Å². The van der Waals surface area contributed by atoms with Gasteiger partial charge in [-0.15, -0.1) is 0 Å². The largest absolute Gasteiger partial charge is 0.509 e. The standard InChI is InChI=1S/C16H22O9/c17-5-6-25-16(24)10-3-1-9(2-4-10)7-11(19)13(21)15(23)14(22)12(20)8-18/h1-4,7,12-15,17-23H,5-6,8H2/t12-,13+,14-,15-/m1/s1. The summed E-state index contributed by atoms with van der Waals surface area (Å²) in [5.74, 6) is -1.32. The van der Waals surface area contributed by atoms with Crippen LogP contribution < -0.4 is 0 Å². The molecule has 0 spiro atoms. The molecule has 1 aromatic carbocycles. The normalized spacial score (nSPS) is 16.8. The smallest absolute Gasteiger partial charge is 0.338 e. The van der Waals surface area contributed by atoms with E-state index in [2.05, 4.69) is 0 Å². The Morgan fingerprint density at radius 3 is 2.16 bits per heavy atom. The highest BCUT2D eigenvalue weighted by atomic mass is 16.5. The van der Waals surface area contributed by atoms with E-state index in [1.165, 1.54) is 24.3 Å². The summed E-state index contributed by atoms with van der Waals surface area (Å²) < 4.78 is 4.73. The van der Waals surface area contributed by atoms with E-state index in [9.17, 15) is 30.3 Å². The Balaban J connectivity index is 2.79. The molecule has 0 fully saturated rings. The fourth-order valence-electron chi connectivity index (χ4n) is 1.89. The van der Waals surface area contributed by atoms with E-state index in [1.54, 1.807) is 0 Å². The Morgan fingerprint density at radius 1 is 1.04 bits per heavy atom. The molecule has 0 amide bonds. The Hall–Kier alpha value is -2.01. The van der Waals surface area contributed by atoms with E-state index < -0.39 is 42.8 Å². The topological polar surface area (TPSA) is 168 Å². The zero-order valence-corrected chi connectivity index (χ0v) is 13.3. The number of benzene rings is 1. The SMILES string of the molecule is O=C(OCCO)c1ccc(C=C(O)[C@H](O)[C@@H](O)[C@H](O)[C@H](O)CO)cc1. The summed E-state index contributed by atoms with van der Waals surface area (Å²) in [6, 6.07) is 5.66. The number of carbonyl (C=O) groups is 1. The van der Waals surface area contributed by atoms with Crippen molar-refractivity contribution in [1.29, 1.82) is 0 Å². The first-order valence-electron chi connectivity index (χ1n) is 7.43. The summed E-state index contributed by atoms with van der Waals surface area (Å²) in [6.07, 6.45) is -6.27. The second-order valence-corrected chi connectivity index (χ2v) is 5.23. The minimum Gasteiger partial charge on any atom is -0.509 e. The Morgan fingerprint density at radius 2 is 1.64 bits per heavy atom. The maximum atomic E-state index is 11.6. The quantitative estimate of drug-likeness (QED) is 0.198. The third kappa shape index (κ3) is 6.09. The van der Waals surface area contributed by atoms with E-state index in [0.717, 1.165) is 6.08 Å². The van der Waals surface area contributed by atoms with E-state index in [0.29, 0.717) is 5.56 Å². The van der Waals surface area contributed by atoms with Gasteiger partial charge in [0.1, 0.15) is 36.8 Å². The van der Waals surface area contributed by atoms with Crippen LogP contribution in [0.2, 0.25) is 0 Å². The summed E-state index contributed by atoms with van der Waals surface area (Å²) in [4.78, 5) is 11.6. The van der Waals surface area contributed by atoms with Crippen molar-refractivity contribution >= 4 is 12.0 Å². The van der Waals surface area contributed by atoms with Crippen molar-refractivity contribution in [2.24, 2.45) is 0 Å². The molecule has 0 unspecified atom stereocenters. The van der Waals surface area contributed by atoms with Gasteiger partial charge in [-0.25, -0.2) is 4.79 Å². The van der Waals surface area contributed by atoms with Crippen LogP contribution in [-0.2, 0) is 4.74 Å². The molecule has 1 aromatic rings. The summed E-state index contributed by atoms with van der Waals surface area (Å²) in [5.41, 5.74) is 0.590. The monoisotopic (exact) mass is 358 g/mol. The first-order chi connectivity index (χ1) is 11.8. The second kappa shape index (κ2) is 10.1. The lowest BCUT2D eigenvalue weighted by Crippen LogP contribution is -2.46. The fraction of sp³-hybridized carbons (Fsp3) is 0.438. The number of ether oxygens (including phenoxy) is 1. The van der Waals surface area contributed by atoms with Gasteiger partial charge in [-0.2, -0.15) is 0 Å². The maximum absolute atomic E-state index is 11.6. The molecular weight excluding hydrogens is 336 g/mol. The van der Waals surface area contributed by atoms with E-state index >= 15 is 0 Å². The number of aliphatic hydroxyl groups is 7. The van der Waals surface area contributed by atoms with Gasteiger partial charge in [0.05, 0.1) is 18.8 Å². The lowest BCUT2D eigenvalue weighted by Gasteiger charge is -2.25. The molecule has 1 rings (SSSR count). The second-order valence-electron chi connectivity index (χ2n) is 5.23. The Bertz CT molecular complexity index is 569. The van der Waals surface area contributed by atoms with Crippen molar-refractivity contribution in [3.63, 3.8) is 0 Å². The highest BCUT2D eigenvalue weighted by Gasteiger charge is 2.32. The van der Waals surface area contributed by atoms with E-state index in [-0.39, 0.29) is 18.8 Å². The average Bonchev–Trinajstić information content (AvgIpc) is 2.63. The Kier molecular flexibility index (Phi) is 8.49. The maximum Gasteiger partial charge on any atom is 0.338 e. The van der Waals surface area contributed by atoms with Crippen LogP contribution >= 0.6 is 0 Å². The predicted octanol–water partition coefficient (Wildman–Crippen LogP) is -1.83. The molecule has 0 aromatic heterocycles. The van der Waals surface area contributed by atoms with Crippen LogP contribution in [0, 0.1) is 0 Å². The van der Waals surface area contributed by atoms with E-state index in [1.807, 2.05) is 0 Å². The summed E-state index contributed by atoms with van der Waals surface area (Å²) in [6.45, 7) is -1.26. The first-order valence-corrected chi connectivity index (χ1v) is 7.43. The minimum atomic E-state index is -1.92. The Labute approximate surface area is 143 Å². The fourth-order valence-corrected chi connectivity index (χ4v) is 1.89. The molecule has 0 radical (unpaired) electrons. The number of rotatable bonds is 9. The molecule has 0 aliphatic rings. The lowest BCUT2D eigenvalue weighted by atomic mass is 10.0. The van der Waals surface area contributed by atoms with Gasteiger partial charge in [0, 0.05) is 0 Å². The summed E-state index contributed by atoms with van der Waals surface area (Å²) in [7, 11) is 0. The number of hydrogen-bond donors (Lipinski definition) is 7. The summed E-state index contributed by atoms with van der Waals surface area (Å²) in [5, 5.41) is 65.3. The molecule has 0 aliphatic carbocycles. The third-order valence-corrected chi connectivity index (χ3v) is 3.34. The molecule has 25 heavy (non-hydrogen) atoms. The van der Waals surface area contributed by atoms with Crippen molar-refractivity contribution in [2.45, 2.75) is 24.4 Å². The number of aliphatic hydroxyl groups excluding tert-OH is 7. The minimum absolute atomic E-state index is 0.132. The molecule has 140 valence electrons. The van der Waals surface area contributed by atoms with Crippen LogP contribution in [0.25, 0.3) is 6.08 Å². The van der Waals surface area contributed by atoms with Gasteiger partial charge >= 0.3 is 5.97 Å². The number of esters is 1. The molecule has 9 heteroatoms. The van der Waals surface area contributed by atoms with E-state index in [4.69, 9.17) is 14.9 Å². The van der Waals surface area contributed by atoms with Gasteiger partial charge < -0.3 is 40.5 Å². The van der Waals surface area contributed by atoms with Crippen molar-refractivity contribution in [3.05, 3.63) is 41.2 Å². The lowest BCUT2D eigenvalue weighted by molar-refractivity contribution is -0.112. The molecule has 0 heterocycles. The molecule has 0 aliphatic heterocycles. The molecule has 9 nitrogen and oxygen atoms in total. The first kappa shape index (κ1) is 21.0. The number of carbonyl (C=O) groups excluding carboxylic acids is 1. The van der Waals surface area contributed by atoms with Gasteiger partial charge in [-0.3, -0.25) is 0 Å². The number of hydrogen-bond acceptors (Lipinski definition) is 9. The molecule has 0 saturated heterocycles. The zero-order chi connectivity index (χ0) is 19.0. The highest BCUT2D eigenvalue weighted by molar-refractivity contribution is 5.89. The average molecular weight is 358 g/mol.